The second-order valence-electron chi connectivity index (χ2n) is 7.32. The summed E-state index contributed by atoms with van der Waals surface area (Å²) in [6.07, 6.45) is 0.833. The zero-order chi connectivity index (χ0) is 22.8. The highest BCUT2D eigenvalue weighted by molar-refractivity contribution is 7.99. The average Bonchev–Trinajstić information content (AvgIpc) is 2.83. The van der Waals surface area contributed by atoms with Crippen LogP contribution >= 0.6 is 11.8 Å². The van der Waals surface area contributed by atoms with Gasteiger partial charge in [0, 0.05) is 22.3 Å². The molecule has 3 rings (SSSR count). The lowest BCUT2D eigenvalue weighted by molar-refractivity contribution is 0.0940. The molecule has 2 N–H and O–H groups in total. The number of hydrogen-bond acceptors (Lipinski definition) is 4. The fourth-order valence-corrected chi connectivity index (χ4v) is 3.68. The van der Waals surface area contributed by atoms with E-state index in [-0.39, 0.29) is 17.9 Å². The fraction of sp³-hybridized carbons (Fsp3) is 0.231. The van der Waals surface area contributed by atoms with E-state index in [1.54, 1.807) is 60.3 Å². The molecule has 0 radical (unpaired) electrons. The van der Waals surface area contributed by atoms with Crippen molar-refractivity contribution in [2.45, 2.75) is 31.2 Å². The molecule has 6 heteroatoms. The Bertz CT molecular complexity index is 1020. The molecule has 0 fully saturated rings. The van der Waals surface area contributed by atoms with Crippen molar-refractivity contribution in [2.75, 3.05) is 17.7 Å². The molecule has 3 aromatic carbocycles. The van der Waals surface area contributed by atoms with Crippen LogP contribution in [0.3, 0.4) is 0 Å². The minimum atomic E-state index is -0.278. The van der Waals surface area contributed by atoms with Crippen LogP contribution < -0.4 is 15.4 Å². The predicted octanol–water partition coefficient (Wildman–Crippen LogP) is 5.64. The van der Waals surface area contributed by atoms with Crippen molar-refractivity contribution in [1.29, 1.82) is 0 Å². The van der Waals surface area contributed by atoms with Crippen LogP contribution in [0.5, 0.6) is 5.75 Å². The molecule has 32 heavy (non-hydrogen) atoms. The summed E-state index contributed by atoms with van der Waals surface area (Å²) in [5, 5.41) is 5.78. The molecule has 0 aromatic heterocycles. The standard InChI is InChI=1S/C26H28N2O3S/c1-3-19(2)27-26(30)23-11-7-8-12-24(23)28-25(29)20-13-15-21(16-14-20)31-17-18-32-22-9-5-4-6-10-22/h4-16,19H,3,17-18H2,1-2H3,(H,27,30)(H,28,29)/t19-/m0/s1. The molecule has 0 aliphatic rings. The van der Waals surface area contributed by atoms with E-state index in [4.69, 9.17) is 4.74 Å². The van der Waals surface area contributed by atoms with Crippen molar-refractivity contribution in [2.24, 2.45) is 0 Å². The minimum Gasteiger partial charge on any atom is -0.493 e. The Morgan fingerprint density at radius 1 is 0.906 bits per heavy atom. The third-order valence-electron chi connectivity index (χ3n) is 4.89. The van der Waals surface area contributed by atoms with E-state index in [9.17, 15) is 9.59 Å². The molecule has 0 aliphatic carbocycles. The smallest absolute Gasteiger partial charge is 0.255 e. The van der Waals surface area contributed by atoms with Gasteiger partial charge in [-0.1, -0.05) is 37.3 Å². The molecule has 0 spiro atoms. The maximum absolute atomic E-state index is 12.7. The van der Waals surface area contributed by atoms with Crippen LogP contribution in [0.2, 0.25) is 0 Å². The van der Waals surface area contributed by atoms with Gasteiger partial charge in [0.25, 0.3) is 11.8 Å². The monoisotopic (exact) mass is 448 g/mol. The molecule has 3 aromatic rings. The molecule has 5 nitrogen and oxygen atoms in total. The van der Waals surface area contributed by atoms with Gasteiger partial charge in [-0.25, -0.2) is 0 Å². The molecule has 0 heterocycles. The van der Waals surface area contributed by atoms with Gasteiger partial charge in [-0.3, -0.25) is 9.59 Å². The van der Waals surface area contributed by atoms with Gasteiger partial charge in [0.05, 0.1) is 17.9 Å². The second kappa shape index (κ2) is 12.0. The number of hydrogen-bond donors (Lipinski definition) is 2. The Morgan fingerprint density at radius 3 is 2.31 bits per heavy atom. The van der Waals surface area contributed by atoms with Crippen LogP contribution in [0.25, 0.3) is 0 Å². The molecule has 2 amide bonds. The molecule has 0 bridgehead atoms. The summed E-state index contributed by atoms with van der Waals surface area (Å²) in [7, 11) is 0. The van der Waals surface area contributed by atoms with E-state index < -0.39 is 0 Å². The molecular weight excluding hydrogens is 420 g/mol. The fourth-order valence-electron chi connectivity index (χ4n) is 2.93. The normalized spacial score (nSPS) is 11.4. The molecule has 0 unspecified atom stereocenters. The van der Waals surface area contributed by atoms with Crippen molar-refractivity contribution in [1.82, 2.24) is 5.32 Å². The Labute approximate surface area is 193 Å². The Kier molecular flexibility index (Phi) is 8.75. The summed E-state index contributed by atoms with van der Waals surface area (Å²) in [5.74, 6) is 1.07. The van der Waals surface area contributed by atoms with Gasteiger partial charge in [-0.2, -0.15) is 0 Å². The summed E-state index contributed by atoms with van der Waals surface area (Å²) in [4.78, 5) is 26.5. The summed E-state index contributed by atoms with van der Waals surface area (Å²) in [6, 6.07) is 24.2. The van der Waals surface area contributed by atoms with Gasteiger partial charge in [0.15, 0.2) is 0 Å². The van der Waals surface area contributed by atoms with Gasteiger partial charge >= 0.3 is 0 Å². The lowest BCUT2D eigenvalue weighted by Crippen LogP contribution is -2.32. The lowest BCUT2D eigenvalue weighted by Gasteiger charge is -2.15. The number of thioether (sulfide) groups is 1. The number of nitrogens with one attached hydrogen (secondary N) is 2. The average molecular weight is 449 g/mol. The van der Waals surface area contributed by atoms with E-state index in [0.717, 1.165) is 12.2 Å². The van der Waals surface area contributed by atoms with E-state index in [2.05, 4.69) is 22.8 Å². The largest absolute Gasteiger partial charge is 0.493 e. The Morgan fingerprint density at radius 2 is 1.59 bits per heavy atom. The zero-order valence-corrected chi connectivity index (χ0v) is 19.2. The SMILES string of the molecule is CC[C@H](C)NC(=O)c1ccccc1NC(=O)c1ccc(OCCSc2ccccc2)cc1. The first kappa shape index (κ1) is 23.4. The van der Waals surface area contributed by atoms with Crippen LogP contribution in [-0.4, -0.2) is 30.2 Å². The first-order chi connectivity index (χ1) is 15.6. The Hall–Kier alpha value is -3.25. The van der Waals surface area contributed by atoms with Gasteiger partial charge in [0.2, 0.25) is 0 Å². The third kappa shape index (κ3) is 6.89. The predicted molar refractivity (Wildman–Crippen MR) is 131 cm³/mol. The van der Waals surface area contributed by atoms with Crippen molar-refractivity contribution >= 4 is 29.3 Å². The van der Waals surface area contributed by atoms with Gasteiger partial charge < -0.3 is 15.4 Å². The maximum atomic E-state index is 12.7. The first-order valence-electron chi connectivity index (χ1n) is 10.7. The Balaban J connectivity index is 1.54. The number of para-hydroxylation sites is 1. The number of carbonyl (C=O) groups excluding carboxylic acids is 2. The van der Waals surface area contributed by atoms with Crippen molar-refractivity contribution in [3.8, 4) is 5.75 Å². The quantitative estimate of drug-likeness (QED) is 0.311. The van der Waals surface area contributed by atoms with E-state index >= 15 is 0 Å². The molecular formula is C26H28N2O3S. The van der Waals surface area contributed by atoms with Crippen LogP contribution in [-0.2, 0) is 0 Å². The van der Waals surface area contributed by atoms with E-state index in [1.165, 1.54) is 4.90 Å². The minimum absolute atomic E-state index is 0.0601. The first-order valence-corrected chi connectivity index (χ1v) is 11.7. The number of ether oxygens (including phenoxy) is 1. The summed E-state index contributed by atoms with van der Waals surface area (Å²) >= 11 is 1.74. The van der Waals surface area contributed by atoms with Gasteiger partial charge in [-0.05, 0) is 61.9 Å². The van der Waals surface area contributed by atoms with E-state index in [0.29, 0.717) is 29.2 Å². The summed E-state index contributed by atoms with van der Waals surface area (Å²) < 4.78 is 5.77. The van der Waals surface area contributed by atoms with Gasteiger partial charge in [-0.15, -0.1) is 11.8 Å². The maximum Gasteiger partial charge on any atom is 0.255 e. The molecule has 1 atom stereocenters. The van der Waals surface area contributed by atoms with Crippen LogP contribution in [0.1, 0.15) is 41.0 Å². The van der Waals surface area contributed by atoms with E-state index in [1.807, 2.05) is 32.0 Å². The van der Waals surface area contributed by atoms with Crippen LogP contribution in [0.15, 0.2) is 83.8 Å². The van der Waals surface area contributed by atoms with Crippen LogP contribution in [0, 0.1) is 0 Å². The van der Waals surface area contributed by atoms with Crippen molar-refractivity contribution in [3.05, 3.63) is 90.0 Å². The number of carbonyl (C=O) groups is 2. The van der Waals surface area contributed by atoms with Gasteiger partial charge in [0.1, 0.15) is 5.75 Å². The van der Waals surface area contributed by atoms with Crippen molar-refractivity contribution < 1.29 is 14.3 Å². The highest BCUT2D eigenvalue weighted by atomic mass is 32.2. The molecule has 0 saturated carbocycles. The number of amides is 2. The third-order valence-corrected chi connectivity index (χ3v) is 5.87. The second-order valence-corrected chi connectivity index (χ2v) is 8.49. The number of rotatable bonds is 10. The summed E-state index contributed by atoms with van der Waals surface area (Å²) in [5.41, 5.74) is 1.42. The lowest BCUT2D eigenvalue weighted by atomic mass is 10.1. The van der Waals surface area contributed by atoms with Crippen molar-refractivity contribution in [3.63, 3.8) is 0 Å². The zero-order valence-electron chi connectivity index (χ0n) is 18.3. The number of anilines is 1. The molecule has 166 valence electrons. The topological polar surface area (TPSA) is 67.4 Å². The molecule has 0 saturated heterocycles. The van der Waals surface area contributed by atoms with Crippen LogP contribution in [0.4, 0.5) is 5.69 Å². The number of benzene rings is 3. The summed E-state index contributed by atoms with van der Waals surface area (Å²) in [6.45, 7) is 4.53. The highest BCUT2D eigenvalue weighted by Crippen LogP contribution is 2.20. The molecule has 0 aliphatic heterocycles. The highest BCUT2D eigenvalue weighted by Gasteiger charge is 2.15.